The molecule has 72 valence electrons. The second-order valence-electron chi connectivity index (χ2n) is 3.46. The molecule has 0 spiro atoms. The molecule has 0 aliphatic carbocycles. The van der Waals surface area contributed by atoms with E-state index in [1.54, 1.807) is 0 Å². The van der Waals surface area contributed by atoms with E-state index in [9.17, 15) is 0 Å². The molecule has 1 heterocycles. The van der Waals surface area contributed by atoms with E-state index < -0.39 is 0 Å². The van der Waals surface area contributed by atoms with Crippen LogP contribution in [-0.2, 0) is 0 Å². The summed E-state index contributed by atoms with van der Waals surface area (Å²) in [6.07, 6.45) is 0. The number of aromatic amines is 1. The zero-order valence-electron chi connectivity index (χ0n) is 8.02. The fourth-order valence-corrected chi connectivity index (χ4v) is 2.50. The highest BCUT2D eigenvalue weighted by atomic mass is 79.9. The van der Waals surface area contributed by atoms with Gasteiger partial charge in [-0.05, 0) is 43.2 Å². The molecule has 1 N–H and O–H groups in total. The highest BCUT2D eigenvalue weighted by molar-refractivity contribution is 9.10. The van der Waals surface area contributed by atoms with Crippen molar-refractivity contribution in [1.29, 1.82) is 0 Å². The minimum atomic E-state index is 0.792. The van der Waals surface area contributed by atoms with E-state index in [-0.39, 0.29) is 0 Å². The van der Waals surface area contributed by atoms with Crippen molar-refractivity contribution in [3.8, 4) is 0 Å². The van der Waals surface area contributed by atoms with Gasteiger partial charge in [0, 0.05) is 15.4 Å². The molecule has 1 nitrogen and oxygen atoms in total. The lowest BCUT2D eigenvalue weighted by Gasteiger charge is -2.06. The molecule has 0 atom stereocenters. The Bertz CT molecular complexity index is 557. The summed E-state index contributed by atoms with van der Waals surface area (Å²) < 4.78 is 1.90. The average molecular weight is 268 g/mol. The molecule has 0 fully saturated rings. The number of rotatable bonds is 0. The maximum Gasteiger partial charge on any atom is 0.103 e. The molecule has 1 aromatic carbocycles. The van der Waals surface area contributed by atoms with Crippen LogP contribution in [0.5, 0.6) is 0 Å². The van der Waals surface area contributed by atoms with Gasteiger partial charge >= 0.3 is 0 Å². The van der Waals surface area contributed by atoms with Crippen molar-refractivity contribution in [2.24, 2.45) is 0 Å². The largest absolute Gasteiger partial charge is 0.346 e. The van der Waals surface area contributed by atoms with Crippen molar-refractivity contribution >= 4 is 39.1 Å². The predicted octanol–water partition coefficient (Wildman–Crippen LogP) is 4.28. The maximum atomic E-state index is 5.15. The molecular weight excluding hydrogens is 258 g/mol. The van der Waals surface area contributed by atoms with Crippen LogP contribution in [0.1, 0.15) is 11.1 Å². The smallest absolute Gasteiger partial charge is 0.103 e. The van der Waals surface area contributed by atoms with Crippen LogP contribution in [0, 0.1) is 18.5 Å². The zero-order valence-corrected chi connectivity index (χ0v) is 10.4. The number of hydrogen-bond donors (Lipinski definition) is 1. The predicted molar refractivity (Wildman–Crippen MR) is 66.3 cm³/mol. The van der Waals surface area contributed by atoms with Gasteiger partial charge in [0.25, 0.3) is 0 Å². The van der Waals surface area contributed by atoms with Crippen LogP contribution in [0.4, 0.5) is 0 Å². The molecule has 2 rings (SSSR count). The molecule has 0 radical (unpaired) electrons. The number of aryl methyl sites for hydroxylation is 2. The fraction of sp³-hybridized carbons (Fsp3) is 0.182. The van der Waals surface area contributed by atoms with E-state index in [1.807, 2.05) is 6.07 Å². The van der Waals surface area contributed by atoms with Crippen molar-refractivity contribution in [1.82, 2.24) is 4.98 Å². The SMILES string of the molecule is Cc1cc(=S)[nH]c2c(C)cc(Br)cc12. The van der Waals surface area contributed by atoms with Crippen LogP contribution in [0.3, 0.4) is 0 Å². The van der Waals surface area contributed by atoms with E-state index in [0.717, 1.165) is 14.6 Å². The third-order valence-electron chi connectivity index (χ3n) is 2.32. The molecule has 0 saturated carbocycles. The number of aromatic nitrogens is 1. The van der Waals surface area contributed by atoms with Gasteiger partial charge < -0.3 is 4.98 Å². The summed E-state index contributed by atoms with van der Waals surface area (Å²) in [5, 5.41) is 1.23. The molecule has 0 bridgehead atoms. The Labute approximate surface area is 96.3 Å². The first-order valence-corrected chi connectivity index (χ1v) is 5.58. The van der Waals surface area contributed by atoms with Gasteiger partial charge in [0.15, 0.2) is 0 Å². The van der Waals surface area contributed by atoms with Crippen LogP contribution in [-0.4, -0.2) is 4.98 Å². The van der Waals surface area contributed by atoms with Gasteiger partial charge in [0.2, 0.25) is 0 Å². The van der Waals surface area contributed by atoms with Crippen LogP contribution < -0.4 is 0 Å². The van der Waals surface area contributed by atoms with E-state index in [4.69, 9.17) is 12.2 Å². The summed E-state index contributed by atoms with van der Waals surface area (Å²) in [5.41, 5.74) is 3.57. The summed E-state index contributed by atoms with van der Waals surface area (Å²) >= 11 is 8.65. The van der Waals surface area contributed by atoms with E-state index in [0.29, 0.717) is 0 Å². The van der Waals surface area contributed by atoms with Crippen molar-refractivity contribution in [3.63, 3.8) is 0 Å². The van der Waals surface area contributed by atoms with Gasteiger partial charge in [0.1, 0.15) is 4.64 Å². The lowest BCUT2D eigenvalue weighted by molar-refractivity contribution is 1.31. The summed E-state index contributed by atoms with van der Waals surface area (Å²) in [5.74, 6) is 0. The van der Waals surface area contributed by atoms with Crippen molar-refractivity contribution in [3.05, 3.63) is 38.4 Å². The van der Waals surface area contributed by atoms with Gasteiger partial charge in [0.05, 0.1) is 0 Å². The van der Waals surface area contributed by atoms with Crippen molar-refractivity contribution in [2.45, 2.75) is 13.8 Å². The molecule has 0 unspecified atom stereocenters. The van der Waals surface area contributed by atoms with Gasteiger partial charge in [-0.15, -0.1) is 0 Å². The first-order valence-electron chi connectivity index (χ1n) is 4.38. The minimum Gasteiger partial charge on any atom is -0.346 e. The number of pyridine rings is 1. The molecule has 14 heavy (non-hydrogen) atoms. The van der Waals surface area contributed by atoms with E-state index >= 15 is 0 Å². The molecule has 1 aromatic heterocycles. The molecule has 3 heteroatoms. The summed E-state index contributed by atoms with van der Waals surface area (Å²) in [6.45, 7) is 4.16. The Hall–Kier alpha value is -0.670. The molecule has 0 aliphatic rings. The number of H-pyrrole nitrogens is 1. The Morgan fingerprint density at radius 1 is 1.14 bits per heavy atom. The van der Waals surface area contributed by atoms with E-state index in [2.05, 4.69) is 46.9 Å². The van der Waals surface area contributed by atoms with Gasteiger partial charge in [-0.25, -0.2) is 0 Å². The molecular formula is C11H10BrNS. The van der Waals surface area contributed by atoms with Gasteiger partial charge in [-0.2, -0.15) is 0 Å². The fourth-order valence-electron chi connectivity index (χ4n) is 1.65. The van der Waals surface area contributed by atoms with Crippen molar-refractivity contribution < 1.29 is 0 Å². The number of fused-ring (bicyclic) bond motifs is 1. The standard InChI is InChI=1S/C11H10BrNS/c1-6-4-10(14)13-11-7(2)3-8(12)5-9(6)11/h3-5H,1-2H3,(H,13,14). The Kier molecular flexibility index (Phi) is 2.45. The third-order valence-corrected chi connectivity index (χ3v) is 3.00. The normalized spacial score (nSPS) is 10.8. The summed E-state index contributed by atoms with van der Waals surface area (Å²) in [6, 6.07) is 6.19. The van der Waals surface area contributed by atoms with Crippen LogP contribution >= 0.6 is 28.1 Å². The van der Waals surface area contributed by atoms with E-state index in [1.165, 1.54) is 16.5 Å². The van der Waals surface area contributed by atoms with Crippen LogP contribution in [0.25, 0.3) is 10.9 Å². The second kappa shape index (κ2) is 3.48. The highest BCUT2D eigenvalue weighted by Crippen LogP contribution is 2.24. The number of benzene rings is 1. The Morgan fingerprint density at radius 3 is 2.57 bits per heavy atom. The summed E-state index contributed by atoms with van der Waals surface area (Å²) in [7, 11) is 0. The molecule has 0 aliphatic heterocycles. The number of nitrogens with one attached hydrogen (secondary N) is 1. The first-order chi connectivity index (χ1) is 6.58. The van der Waals surface area contributed by atoms with Gasteiger partial charge in [-0.3, -0.25) is 0 Å². The summed E-state index contributed by atoms with van der Waals surface area (Å²) in [4.78, 5) is 3.22. The Balaban J connectivity index is 3.01. The topological polar surface area (TPSA) is 15.8 Å². The lowest BCUT2D eigenvalue weighted by atomic mass is 10.1. The minimum absolute atomic E-state index is 0.792. The monoisotopic (exact) mass is 267 g/mol. The molecule has 0 amide bonds. The zero-order chi connectivity index (χ0) is 10.3. The first kappa shape index (κ1) is 9.87. The van der Waals surface area contributed by atoms with Crippen LogP contribution in [0.2, 0.25) is 0 Å². The molecule has 0 saturated heterocycles. The quantitative estimate of drug-likeness (QED) is 0.705. The van der Waals surface area contributed by atoms with Crippen LogP contribution in [0.15, 0.2) is 22.7 Å². The Morgan fingerprint density at radius 2 is 1.86 bits per heavy atom. The number of halogens is 1. The van der Waals surface area contributed by atoms with Gasteiger partial charge in [-0.1, -0.05) is 28.1 Å². The maximum absolute atomic E-state index is 5.15. The molecule has 2 aromatic rings. The number of hydrogen-bond acceptors (Lipinski definition) is 1. The second-order valence-corrected chi connectivity index (χ2v) is 4.82. The average Bonchev–Trinajstić information content (AvgIpc) is 2.07. The highest BCUT2D eigenvalue weighted by Gasteiger charge is 2.02. The van der Waals surface area contributed by atoms with Crippen molar-refractivity contribution in [2.75, 3.05) is 0 Å². The lowest BCUT2D eigenvalue weighted by Crippen LogP contribution is -1.87. The third kappa shape index (κ3) is 1.62.